The molecule has 0 aliphatic carbocycles. The lowest BCUT2D eigenvalue weighted by atomic mass is 10.2. The molecule has 0 atom stereocenters. The van der Waals surface area contributed by atoms with Crippen LogP contribution in [-0.2, 0) is 6.42 Å². The van der Waals surface area contributed by atoms with E-state index >= 15 is 0 Å². The molecule has 86 valence electrons. The topological polar surface area (TPSA) is 0 Å². The lowest BCUT2D eigenvalue weighted by molar-refractivity contribution is 1.14. The second-order valence-electron chi connectivity index (χ2n) is 1.84. The first-order valence-corrected chi connectivity index (χ1v) is 4.97. The molecule has 0 radical (unpaired) electrons. The lowest BCUT2D eigenvalue weighted by Crippen LogP contribution is -1.73. The van der Waals surface area contributed by atoms with Crippen LogP contribution in [0.15, 0.2) is 30.3 Å². The van der Waals surface area contributed by atoms with Gasteiger partial charge >= 0.3 is 0 Å². The van der Waals surface area contributed by atoms with Crippen LogP contribution in [0, 0.1) is 0 Å². The second-order valence-corrected chi connectivity index (χ2v) is 1.84. The van der Waals surface area contributed by atoms with Crippen LogP contribution < -0.4 is 0 Å². The molecule has 1 aromatic rings. The average Bonchev–Trinajstić information content (AvgIpc) is 2.25. The van der Waals surface area contributed by atoms with E-state index in [1.54, 1.807) is 0 Å². The number of aryl methyl sites for hydroxylation is 1. The van der Waals surface area contributed by atoms with E-state index in [0.29, 0.717) is 0 Å². The molecule has 0 spiro atoms. The van der Waals surface area contributed by atoms with E-state index in [-0.39, 0.29) is 14.9 Å². The molecule has 0 heteroatoms. The summed E-state index contributed by atoms with van der Waals surface area (Å²) in [7, 11) is 0. The van der Waals surface area contributed by atoms with E-state index in [0.717, 1.165) is 6.42 Å². The molecular weight excluding hydrogens is 168 g/mol. The molecule has 0 aliphatic heterocycles. The van der Waals surface area contributed by atoms with Crippen molar-refractivity contribution >= 4 is 0 Å². The highest BCUT2D eigenvalue weighted by Gasteiger charge is 1.79. The van der Waals surface area contributed by atoms with Gasteiger partial charge in [-0.3, -0.25) is 0 Å². The summed E-state index contributed by atoms with van der Waals surface area (Å²) >= 11 is 0. The van der Waals surface area contributed by atoms with Crippen molar-refractivity contribution in [3.63, 3.8) is 0 Å². The number of rotatable bonds is 1. The fourth-order valence-corrected chi connectivity index (χ4v) is 0.714. The largest absolute Gasteiger partial charge is 0.0776 e. The minimum absolute atomic E-state index is 0. The first-order valence-electron chi connectivity index (χ1n) is 4.97. The highest BCUT2D eigenvalue weighted by atomic mass is 13.9. The first-order chi connectivity index (χ1) is 5.93. The van der Waals surface area contributed by atoms with E-state index in [4.69, 9.17) is 0 Å². The third kappa shape index (κ3) is 13.8. The molecule has 0 heterocycles. The Morgan fingerprint density at radius 2 is 1.14 bits per heavy atom. The number of hydrogen-bond acceptors (Lipinski definition) is 0. The van der Waals surface area contributed by atoms with E-state index in [1.165, 1.54) is 5.56 Å². The van der Waals surface area contributed by atoms with Gasteiger partial charge in [0.2, 0.25) is 0 Å². The summed E-state index contributed by atoms with van der Waals surface area (Å²) in [6, 6.07) is 10.5. The highest BCUT2D eigenvalue weighted by molar-refractivity contribution is 5.13. The Balaban J connectivity index is -0.0000000750. The average molecular weight is 198 g/mol. The number of hydrogen-bond donors (Lipinski definition) is 0. The van der Waals surface area contributed by atoms with Crippen molar-refractivity contribution in [2.45, 2.75) is 55.9 Å². The van der Waals surface area contributed by atoms with Crippen LogP contribution in [0.3, 0.4) is 0 Å². The molecule has 14 heavy (non-hydrogen) atoms. The summed E-state index contributed by atoms with van der Waals surface area (Å²) in [5.41, 5.74) is 1.41. The predicted molar refractivity (Wildman–Crippen MR) is 72.0 cm³/mol. The fraction of sp³-hybridized carbons (Fsp3) is 0.571. The van der Waals surface area contributed by atoms with Crippen LogP contribution in [0.1, 0.15) is 55.0 Å². The molecule has 0 fully saturated rings. The summed E-state index contributed by atoms with van der Waals surface area (Å²) in [6.07, 6.45) is 1.14. The Kier molecular flexibility index (Phi) is 37.8. The zero-order valence-corrected chi connectivity index (χ0v) is 9.09. The molecule has 0 aliphatic rings. The van der Waals surface area contributed by atoms with Gasteiger partial charge in [-0.2, -0.15) is 0 Å². The smallest absolute Gasteiger partial charge is 0.0307 e. The maximum Gasteiger partial charge on any atom is -0.0307 e. The third-order valence-electron chi connectivity index (χ3n) is 1.25. The molecule has 0 saturated carbocycles. The summed E-state index contributed by atoms with van der Waals surface area (Å²) in [4.78, 5) is 0. The Morgan fingerprint density at radius 3 is 1.36 bits per heavy atom. The number of benzene rings is 1. The summed E-state index contributed by atoms with van der Waals surface area (Å²) in [5.74, 6) is 0. The zero-order chi connectivity index (χ0) is 9.82. The molecular formula is C14H30. The van der Waals surface area contributed by atoms with Gasteiger partial charge in [-0.25, -0.2) is 0 Å². The van der Waals surface area contributed by atoms with Crippen molar-refractivity contribution in [3.05, 3.63) is 35.9 Å². The molecule has 0 aromatic heterocycles. The highest BCUT2D eigenvalue weighted by Crippen LogP contribution is 1.96. The van der Waals surface area contributed by atoms with Crippen LogP contribution >= 0.6 is 0 Å². The Morgan fingerprint density at radius 1 is 0.786 bits per heavy atom. The van der Waals surface area contributed by atoms with Gasteiger partial charge in [0.1, 0.15) is 0 Å². The maximum atomic E-state index is 2.16. The quantitative estimate of drug-likeness (QED) is 0.553. The van der Waals surface area contributed by atoms with E-state index < -0.39 is 0 Å². The molecule has 1 rings (SSSR count). The fourth-order valence-electron chi connectivity index (χ4n) is 0.714. The van der Waals surface area contributed by atoms with Gasteiger partial charge < -0.3 is 0 Å². The van der Waals surface area contributed by atoms with Crippen molar-refractivity contribution in [1.82, 2.24) is 0 Å². The molecule has 1 aromatic carbocycles. The maximum absolute atomic E-state index is 2.16. The SMILES string of the molecule is C.C.CC.CC.CCc1ccccc1. The standard InChI is InChI=1S/C8H10.2C2H6.2CH4/c1-2-8-6-4-3-5-7-8;2*1-2;;/h3-7H,2H2,1H3;2*1-2H3;2*1H4. The molecule has 0 amide bonds. The molecule has 0 bridgehead atoms. The van der Waals surface area contributed by atoms with Gasteiger partial charge in [-0.15, -0.1) is 0 Å². The molecule has 0 saturated heterocycles. The second kappa shape index (κ2) is 22.8. The normalized spacial score (nSPS) is 6.07. The van der Waals surface area contributed by atoms with Gasteiger partial charge in [0.15, 0.2) is 0 Å². The van der Waals surface area contributed by atoms with Crippen molar-refractivity contribution in [1.29, 1.82) is 0 Å². The van der Waals surface area contributed by atoms with Gasteiger partial charge in [0.25, 0.3) is 0 Å². The van der Waals surface area contributed by atoms with Crippen molar-refractivity contribution in [2.24, 2.45) is 0 Å². The van der Waals surface area contributed by atoms with Crippen molar-refractivity contribution < 1.29 is 0 Å². The van der Waals surface area contributed by atoms with Crippen molar-refractivity contribution in [2.75, 3.05) is 0 Å². The van der Waals surface area contributed by atoms with E-state index in [2.05, 4.69) is 31.2 Å². The summed E-state index contributed by atoms with van der Waals surface area (Å²) in [6.45, 7) is 10.2. The summed E-state index contributed by atoms with van der Waals surface area (Å²) in [5, 5.41) is 0. The summed E-state index contributed by atoms with van der Waals surface area (Å²) < 4.78 is 0. The monoisotopic (exact) mass is 198 g/mol. The van der Waals surface area contributed by atoms with Crippen molar-refractivity contribution in [3.8, 4) is 0 Å². The third-order valence-corrected chi connectivity index (χ3v) is 1.25. The van der Waals surface area contributed by atoms with Crippen LogP contribution in [0.2, 0.25) is 0 Å². The minimum Gasteiger partial charge on any atom is -0.0776 e. The zero-order valence-electron chi connectivity index (χ0n) is 9.09. The predicted octanol–water partition coefficient (Wildman–Crippen LogP) is 5.57. The lowest BCUT2D eigenvalue weighted by Gasteiger charge is -1.89. The Labute approximate surface area is 92.4 Å². The van der Waals surface area contributed by atoms with E-state index in [1.807, 2.05) is 33.8 Å². The Hall–Kier alpha value is -0.780. The minimum atomic E-state index is 0. The van der Waals surface area contributed by atoms with Crippen LogP contribution in [0.25, 0.3) is 0 Å². The van der Waals surface area contributed by atoms with Crippen LogP contribution in [-0.4, -0.2) is 0 Å². The van der Waals surface area contributed by atoms with Gasteiger partial charge in [0.05, 0.1) is 0 Å². The van der Waals surface area contributed by atoms with Crippen LogP contribution in [0.4, 0.5) is 0 Å². The van der Waals surface area contributed by atoms with E-state index in [9.17, 15) is 0 Å². The molecule has 0 N–H and O–H groups in total. The van der Waals surface area contributed by atoms with Crippen LogP contribution in [0.5, 0.6) is 0 Å². The van der Waals surface area contributed by atoms with Gasteiger partial charge in [-0.05, 0) is 12.0 Å². The first kappa shape index (κ1) is 23.2. The van der Waals surface area contributed by atoms with Gasteiger partial charge in [0, 0.05) is 0 Å². The van der Waals surface area contributed by atoms with Gasteiger partial charge in [-0.1, -0.05) is 79.8 Å². The molecule has 0 nitrogen and oxygen atoms in total. The molecule has 0 unspecified atom stereocenters. The Bertz CT molecular complexity index is 141.